The fraction of sp³-hybridized carbons (Fsp3) is 0.467. The van der Waals surface area contributed by atoms with Crippen molar-refractivity contribution in [3.8, 4) is 0 Å². The molecule has 1 aromatic carbocycles. The minimum Gasteiger partial charge on any atom is -0.360 e. The lowest BCUT2D eigenvalue weighted by Crippen LogP contribution is -2.32. The summed E-state index contributed by atoms with van der Waals surface area (Å²) in [5.74, 6) is -0.927. The van der Waals surface area contributed by atoms with E-state index in [9.17, 15) is 13.2 Å². The fourth-order valence-corrected chi connectivity index (χ4v) is 4.23. The van der Waals surface area contributed by atoms with Crippen molar-refractivity contribution in [3.63, 3.8) is 0 Å². The van der Waals surface area contributed by atoms with Gasteiger partial charge in [0, 0.05) is 5.92 Å². The van der Waals surface area contributed by atoms with Gasteiger partial charge in [0.05, 0.1) is 4.90 Å². The summed E-state index contributed by atoms with van der Waals surface area (Å²) in [5, 5.41) is -0.733. The molecule has 6 heteroatoms. The number of Topliss-reactive ketones (excluding diaryl/α,β-unsaturated/α-hetero) is 1. The Labute approximate surface area is 124 Å². The molecule has 0 aromatic heterocycles. The van der Waals surface area contributed by atoms with Crippen molar-refractivity contribution >= 4 is 20.7 Å². The molecule has 0 bridgehead atoms. The summed E-state index contributed by atoms with van der Waals surface area (Å²) in [6, 6.07) is 6.37. The van der Waals surface area contributed by atoms with Gasteiger partial charge in [-0.15, -0.1) is 4.79 Å². The molecule has 112 valence electrons. The number of hydrogen-bond acceptors (Lipinski definition) is 3. The topological polar surface area (TPSA) is 87.6 Å². The van der Waals surface area contributed by atoms with Crippen LogP contribution in [0.3, 0.4) is 0 Å². The van der Waals surface area contributed by atoms with Gasteiger partial charge >= 0.3 is 5.04 Å². The molecule has 5 nitrogen and oxygen atoms in total. The van der Waals surface area contributed by atoms with Gasteiger partial charge in [0.25, 0.3) is 15.6 Å². The van der Waals surface area contributed by atoms with Gasteiger partial charge in [0.2, 0.25) is 0 Å². The van der Waals surface area contributed by atoms with E-state index in [1.807, 2.05) is 0 Å². The van der Waals surface area contributed by atoms with Gasteiger partial charge in [0.1, 0.15) is 0 Å². The fourth-order valence-electron chi connectivity index (χ4n) is 2.74. The monoisotopic (exact) mass is 306 g/mol. The summed E-state index contributed by atoms with van der Waals surface area (Å²) in [6.07, 6.45) is 4.17. The van der Waals surface area contributed by atoms with E-state index >= 15 is 0 Å². The van der Waals surface area contributed by atoms with E-state index in [0.29, 0.717) is 18.4 Å². The van der Waals surface area contributed by atoms with Crippen LogP contribution in [0.1, 0.15) is 37.7 Å². The van der Waals surface area contributed by atoms with E-state index < -0.39 is 20.7 Å². The third-order valence-corrected chi connectivity index (χ3v) is 5.74. The van der Waals surface area contributed by atoms with Crippen LogP contribution in [-0.4, -0.2) is 24.0 Å². The van der Waals surface area contributed by atoms with Crippen LogP contribution in [0.15, 0.2) is 29.2 Å². The molecule has 0 amide bonds. The van der Waals surface area contributed by atoms with Crippen molar-refractivity contribution in [2.45, 2.75) is 43.9 Å². The molecule has 1 saturated carbocycles. The summed E-state index contributed by atoms with van der Waals surface area (Å²) >= 11 is 0. The van der Waals surface area contributed by atoms with Gasteiger partial charge < -0.3 is 5.53 Å². The molecule has 0 atom stereocenters. The smallest absolute Gasteiger partial charge is 0.360 e. The predicted octanol–water partition coefficient (Wildman–Crippen LogP) is 2.55. The maximum atomic E-state index is 12.6. The zero-order valence-electron chi connectivity index (χ0n) is 11.9. The number of carbonyl (C=O) groups is 1. The van der Waals surface area contributed by atoms with E-state index in [1.54, 1.807) is 25.1 Å². The third kappa shape index (κ3) is 3.12. The Morgan fingerprint density at radius 1 is 1.19 bits per heavy atom. The molecule has 0 N–H and O–H groups in total. The van der Waals surface area contributed by atoms with Crippen LogP contribution in [0, 0.1) is 12.8 Å². The average Bonchev–Trinajstić information content (AvgIpc) is 2.48. The lowest BCUT2D eigenvalue weighted by molar-refractivity contribution is -0.120. The van der Waals surface area contributed by atoms with E-state index in [2.05, 4.69) is 4.79 Å². The molecule has 0 unspecified atom stereocenters. The largest absolute Gasteiger partial charge is 0.452 e. The second kappa shape index (κ2) is 6.33. The Morgan fingerprint density at radius 3 is 2.38 bits per heavy atom. The molecular weight excluding hydrogens is 288 g/mol. The number of hydrogen-bond donors (Lipinski definition) is 0. The molecule has 0 aliphatic heterocycles. The molecule has 1 aliphatic rings. The van der Waals surface area contributed by atoms with Gasteiger partial charge in [-0.3, -0.25) is 4.79 Å². The first-order chi connectivity index (χ1) is 9.98. The summed E-state index contributed by atoms with van der Waals surface area (Å²) in [5.41, 5.74) is 9.63. The van der Waals surface area contributed by atoms with Gasteiger partial charge in [0.15, 0.2) is 0 Å². The van der Waals surface area contributed by atoms with E-state index in [4.69, 9.17) is 5.53 Å². The van der Waals surface area contributed by atoms with Gasteiger partial charge in [-0.1, -0.05) is 37.5 Å². The van der Waals surface area contributed by atoms with E-state index in [0.717, 1.165) is 19.3 Å². The molecular formula is C15H18N2O3S. The van der Waals surface area contributed by atoms with Crippen LogP contribution in [0.5, 0.6) is 0 Å². The highest BCUT2D eigenvalue weighted by Gasteiger charge is 2.41. The average molecular weight is 306 g/mol. The van der Waals surface area contributed by atoms with Crippen LogP contribution in [-0.2, 0) is 14.6 Å². The maximum Gasteiger partial charge on any atom is 0.452 e. The zero-order chi connectivity index (χ0) is 15.5. The maximum absolute atomic E-state index is 12.6. The minimum absolute atomic E-state index is 0.0157. The number of carbonyl (C=O) groups excluding carboxylic acids is 1. The number of aryl methyl sites for hydroxylation is 1. The quantitative estimate of drug-likeness (QED) is 0.372. The summed E-state index contributed by atoms with van der Waals surface area (Å²) in [7, 11) is -4.08. The minimum atomic E-state index is -4.08. The molecule has 0 heterocycles. The Balaban J connectivity index is 2.39. The normalized spacial score (nSPS) is 16.2. The van der Waals surface area contributed by atoms with Crippen molar-refractivity contribution < 1.29 is 18.0 Å². The summed E-state index contributed by atoms with van der Waals surface area (Å²) in [6.45, 7) is 1.65. The first-order valence-electron chi connectivity index (χ1n) is 7.05. The number of sulfone groups is 1. The highest BCUT2D eigenvalue weighted by Crippen LogP contribution is 2.26. The number of nitrogens with zero attached hydrogens (tertiary/aromatic N) is 2. The molecule has 1 aliphatic carbocycles. The van der Waals surface area contributed by atoms with E-state index in [-0.39, 0.29) is 10.8 Å². The second-order valence-corrected chi connectivity index (χ2v) is 7.21. The summed E-state index contributed by atoms with van der Waals surface area (Å²) < 4.78 is 25.1. The highest BCUT2D eigenvalue weighted by molar-refractivity contribution is 8.08. The molecule has 21 heavy (non-hydrogen) atoms. The van der Waals surface area contributed by atoms with Crippen molar-refractivity contribution in [2.24, 2.45) is 5.92 Å². The first kappa shape index (κ1) is 15.6. The number of rotatable bonds is 3. The lowest BCUT2D eigenvalue weighted by atomic mass is 9.86. The van der Waals surface area contributed by atoms with Gasteiger partial charge in [-0.05, 0) is 31.4 Å². The Hall–Kier alpha value is -1.78. The van der Waals surface area contributed by atoms with Gasteiger partial charge in [-0.25, -0.2) is 8.42 Å². The lowest BCUT2D eigenvalue weighted by Gasteiger charge is -2.18. The Kier molecular flexibility index (Phi) is 4.70. The molecule has 0 saturated heterocycles. The van der Waals surface area contributed by atoms with Crippen LogP contribution < -0.4 is 0 Å². The Bertz CT molecular complexity index is 697. The third-order valence-electron chi connectivity index (χ3n) is 3.92. The molecule has 1 fully saturated rings. The molecule has 2 rings (SSSR count). The van der Waals surface area contributed by atoms with Crippen LogP contribution in [0.2, 0.25) is 0 Å². The first-order valence-corrected chi connectivity index (χ1v) is 8.53. The summed E-state index contributed by atoms with van der Waals surface area (Å²) in [4.78, 5) is 15.2. The number of benzene rings is 1. The van der Waals surface area contributed by atoms with Crippen molar-refractivity contribution in [2.75, 3.05) is 0 Å². The SMILES string of the molecule is Cc1ccccc1S(=O)(=O)C(=[N+]=[N-])C(=O)C1CCCCC1. The molecule has 0 spiro atoms. The van der Waals surface area contributed by atoms with Gasteiger partial charge in [-0.2, -0.15) is 0 Å². The zero-order valence-corrected chi connectivity index (χ0v) is 12.8. The Morgan fingerprint density at radius 2 is 1.81 bits per heavy atom. The van der Waals surface area contributed by atoms with Crippen LogP contribution in [0.25, 0.3) is 5.53 Å². The second-order valence-electron chi connectivity index (χ2n) is 5.37. The standard InChI is InChI=1S/C15H18N2O3S/c1-11-7-5-6-10-13(11)21(19,20)15(17-16)14(18)12-8-3-2-4-9-12/h5-7,10,12H,2-4,8-9H2,1H3. The molecule has 1 aromatic rings. The van der Waals surface area contributed by atoms with Crippen molar-refractivity contribution in [3.05, 3.63) is 35.4 Å². The highest BCUT2D eigenvalue weighted by atomic mass is 32.2. The number of ketones is 1. The molecule has 0 radical (unpaired) electrons. The van der Waals surface area contributed by atoms with Crippen LogP contribution in [0.4, 0.5) is 0 Å². The van der Waals surface area contributed by atoms with Crippen LogP contribution >= 0.6 is 0 Å². The predicted molar refractivity (Wildman–Crippen MR) is 78.6 cm³/mol. The van der Waals surface area contributed by atoms with Crippen molar-refractivity contribution in [1.82, 2.24) is 0 Å². The van der Waals surface area contributed by atoms with E-state index in [1.165, 1.54) is 6.07 Å². The van der Waals surface area contributed by atoms with Crippen molar-refractivity contribution in [1.29, 1.82) is 0 Å².